The summed E-state index contributed by atoms with van der Waals surface area (Å²) in [7, 11) is 0. The third-order valence-electron chi connectivity index (χ3n) is 4.22. The molecule has 0 bridgehead atoms. The Morgan fingerprint density at radius 1 is 1.28 bits per heavy atom. The van der Waals surface area contributed by atoms with Gasteiger partial charge in [-0.2, -0.15) is 0 Å². The summed E-state index contributed by atoms with van der Waals surface area (Å²) in [5, 5.41) is 5.24. The Hall–Kier alpha value is -2.48. The third-order valence-corrected chi connectivity index (χ3v) is 4.22. The number of benzene rings is 1. The van der Waals surface area contributed by atoms with Gasteiger partial charge in [-0.3, -0.25) is 4.79 Å². The minimum atomic E-state index is -1.02. The zero-order valence-electron chi connectivity index (χ0n) is 13.8. The van der Waals surface area contributed by atoms with E-state index in [1.54, 1.807) is 4.90 Å². The first-order valence-corrected chi connectivity index (χ1v) is 8.13. The number of carbonyl (C=O) groups excluding carboxylic acids is 2. The fourth-order valence-corrected chi connectivity index (χ4v) is 3.05. The lowest BCUT2D eigenvalue weighted by Crippen LogP contribution is -2.44. The lowest BCUT2D eigenvalue weighted by atomic mass is 9.96. The summed E-state index contributed by atoms with van der Waals surface area (Å²) in [6.07, 6.45) is 0.678. The molecule has 2 N–H and O–H groups in total. The summed E-state index contributed by atoms with van der Waals surface area (Å²) in [5.74, 6) is -2.23. The van der Waals surface area contributed by atoms with Crippen molar-refractivity contribution in [3.63, 3.8) is 0 Å². The van der Waals surface area contributed by atoms with Gasteiger partial charge in [-0.15, -0.1) is 0 Å². The first kappa shape index (κ1) is 17.3. The van der Waals surface area contributed by atoms with Crippen molar-refractivity contribution in [2.75, 3.05) is 26.3 Å². The summed E-state index contributed by atoms with van der Waals surface area (Å²) in [4.78, 5) is 26.2. The van der Waals surface area contributed by atoms with Gasteiger partial charge in [0.05, 0.1) is 23.9 Å². The number of nitrogens with zero attached hydrogens (tertiary/aromatic N) is 1. The van der Waals surface area contributed by atoms with E-state index >= 15 is 0 Å². The van der Waals surface area contributed by atoms with E-state index in [-0.39, 0.29) is 12.5 Å². The molecule has 0 aromatic heterocycles. The van der Waals surface area contributed by atoms with E-state index in [0.717, 1.165) is 12.1 Å². The number of rotatable bonds is 6. The van der Waals surface area contributed by atoms with Crippen LogP contribution in [0.25, 0.3) is 0 Å². The molecule has 0 fully saturated rings. The predicted molar refractivity (Wildman–Crippen MR) is 85.5 cm³/mol. The van der Waals surface area contributed by atoms with Crippen molar-refractivity contribution in [1.29, 1.82) is 0 Å². The molecule has 0 unspecified atom stereocenters. The van der Waals surface area contributed by atoms with E-state index in [2.05, 4.69) is 10.6 Å². The van der Waals surface area contributed by atoms with Crippen LogP contribution in [-0.2, 0) is 9.53 Å². The lowest BCUT2D eigenvalue weighted by Gasteiger charge is -2.25. The summed E-state index contributed by atoms with van der Waals surface area (Å²) in [6.45, 7) is 3.83. The largest absolute Gasteiger partial charge is 0.382 e. The van der Waals surface area contributed by atoms with E-state index in [9.17, 15) is 18.4 Å². The van der Waals surface area contributed by atoms with Crippen LogP contribution in [0.15, 0.2) is 29.5 Å². The molecule has 2 heterocycles. The number of hydrogen-bond donors (Lipinski definition) is 2. The van der Waals surface area contributed by atoms with Gasteiger partial charge in [0.1, 0.15) is 0 Å². The molecule has 0 spiro atoms. The molecule has 3 amide bonds. The minimum Gasteiger partial charge on any atom is -0.382 e. The lowest BCUT2D eigenvalue weighted by molar-refractivity contribution is -0.126. The highest BCUT2D eigenvalue weighted by Crippen LogP contribution is 2.33. The van der Waals surface area contributed by atoms with E-state index < -0.39 is 23.7 Å². The zero-order valence-corrected chi connectivity index (χ0v) is 13.8. The highest BCUT2D eigenvalue weighted by atomic mass is 19.2. The fourth-order valence-electron chi connectivity index (χ4n) is 3.05. The smallest absolute Gasteiger partial charge is 0.319 e. The Balaban J connectivity index is 1.81. The predicted octanol–water partition coefficient (Wildman–Crippen LogP) is 1.84. The number of urea groups is 1. The highest BCUT2D eigenvalue weighted by Gasteiger charge is 2.40. The van der Waals surface area contributed by atoms with Crippen molar-refractivity contribution in [3.8, 4) is 0 Å². The second-order valence-electron chi connectivity index (χ2n) is 5.87. The molecule has 0 saturated heterocycles. The fraction of sp³-hybridized carbons (Fsp3) is 0.412. The minimum absolute atomic E-state index is 0.228. The molecule has 8 heteroatoms. The Morgan fingerprint density at radius 2 is 2.08 bits per heavy atom. The summed E-state index contributed by atoms with van der Waals surface area (Å²) >= 11 is 0. The molecule has 0 radical (unpaired) electrons. The van der Waals surface area contributed by atoms with E-state index in [1.807, 2.05) is 6.92 Å². The molecular weight excluding hydrogens is 332 g/mol. The molecular formula is C17H19F2N3O3. The molecule has 1 aromatic carbocycles. The summed E-state index contributed by atoms with van der Waals surface area (Å²) in [6, 6.07) is 2.07. The van der Waals surface area contributed by atoms with Crippen LogP contribution in [0.1, 0.15) is 24.9 Å². The molecule has 134 valence electrons. The molecule has 1 atom stereocenters. The molecule has 2 aliphatic rings. The van der Waals surface area contributed by atoms with Crippen molar-refractivity contribution >= 4 is 11.9 Å². The van der Waals surface area contributed by atoms with Crippen LogP contribution < -0.4 is 10.6 Å². The van der Waals surface area contributed by atoms with Crippen molar-refractivity contribution in [1.82, 2.24) is 15.5 Å². The monoisotopic (exact) mass is 351 g/mol. The van der Waals surface area contributed by atoms with Crippen molar-refractivity contribution in [2.24, 2.45) is 0 Å². The maximum absolute atomic E-state index is 13.6. The molecule has 1 aromatic rings. The van der Waals surface area contributed by atoms with Crippen molar-refractivity contribution in [3.05, 3.63) is 46.7 Å². The maximum Gasteiger partial charge on any atom is 0.319 e. The van der Waals surface area contributed by atoms with E-state index in [1.165, 1.54) is 6.07 Å². The van der Waals surface area contributed by atoms with Crippen LogP contribution in [-0.4, -0.2) is 43.1 Å². The quantitative estimate of drug-likeness (QED) is 0.769. The molecule has 0 aliphatic carbocycles. The maximum atomic E-state index is 13.6. The van der Waals surface area contributed by atoms with Gasteiger partial charge in [0.15, 0.2) is 11.6 Å². The molecule has 0 saturated carbocycles. The normalized spacial score (nSPS) is 19.8. The van der Waals surface area contributed by atoms with Crippen molar-refractivity contribution < 1.29 is 23.1 Å². The SMILES string of the molecule is CCOCCCN1CC2=C(C1=O)[C@H](c1ccc(F)c(F)c1)NC(=O)N2. The highest BCUT2D eigenvalue weighted by molar-refractivity contribution is 6.01. The number of nitrogens with one attached hydrogen (secondary N) is 2. The Labute approximate surface area is 143 Å². The van der Waals surface area contributed by atoms with Gasteiger partial charge in [0, 0.05) is 19.8 Å². The third kappa shape index (κ3) is 3.48. The topological polar surface area (TPSA) is 70.7 Å². The Bertz CT molecular complexity index is 736. The average Bonchev–Trinajstić information content (AvgIpc) is 2.89. The number of hydrogen-bond acceptors (Lipinski definition) is 3. The van der Waals surface area contributed by atoms with E-state index in [0.29, 0.717) is 43.0 Å². The zero-order chi connectivity index (χ0) is 18.0. The van der Waals surface area contributed by atoms with Gasteiger partial charge < -0.3 is 20.3 Å². The Kier molecular flexibility index (Phi) is 4.98. The first-order chi connectivity index (χ1) is 12.0. The number of halogens is 2. The second-order valence-corrected chi connectivity index (χ2v) is 5.87. The van der Waals surface area contributed by atoms with Crippen molar-refractivity contribution in [2.45, 2.75) is 19.4 Å². The summed E-state index contributed by atoms with van der Waals surface area (Å²) in [5.41, 5.74) is 1.19. The van der Waals surface area contributed by atoms with Crippen LogP contribution >= 0.6 is 0 Å². The number of amides is 3. The number of ether oxygens (including phenoxy) is 1. The van der Waals surface area contributed by atoms with Crippen LogP contribution in [0.5, 0.6) is 0 Å². The Morgan fingerprint density at radius 3 is 2.80 bits per heavy atom. The average molecular weight is 351 g/mol. The van der Waals surface area contributed by atoms with Gasteiger partial charge >= 0.3 is 6.03 Å². The van der Waals surface area contributed by atoms with Crippen LogP contribution in [0, 0.1) is 11.6 Å². The van der Waals surface area contributed by atoms with Gasteiger partial charge in [-0.05, 0) is 31.0 Å². The number of carbonyl (C=O) groups is 2. The van der Waals surface area contributed by atoms with Gasteiger partial charge in [0.25, 0.3) is 5.91 Å². The molecule has 2 aliphatic heterocycles. The summed E-state index contributed by atoms with van der Waals surface area (Å²) < 4.78 is 32.0. The van der Waals surface area contributed by atoms with E-state index in [4.69, 9.17) is 4.74 Å². The second kappa shape index (κ2) is 7.18. The van der Waals surface area contributed by atoms with Gasteiger partial charge in [-0.1, -0.05) is 6.07 Å². The van der Waals surface area contributed by atoms with Gasteiger partial charge in [-0.25, -0.2) is 13.6 Å². The molecule has 3 rings (SSSR count). The molecule has 25 heavy (non-hydrogen) atoms. The van der Waals surface area contributed by atoms with Crippen LogP contribution in [0.2, 0.25) is 0 Å². The van der Waals surface area contributed by atoms with Crippen LogP contribution in [0.4, 0.5) is 13.6 Å². The first-order valence-electron chi connectivity index (χ1n) is 8.13. The van der Waals surface area contributed by atoms with Crippen LogP contribution in [0.3, 0.4) is 0 Å². The molecule has 6 nitrogen and oxygen atoms in total. The standard InChI is InChI=1S/C17H19F2N3O3/c1-2-25-7-3-6-22-9-13-14(16(22)23)15(21-17(24)20-13)10-4-5-11(18)12(19)8-10/h4-5,8,15H,2-3,6-7,9H2,1H3,(H2,20,21,24)/t15-/m0/s1. The van der Waals surface area contributed by atoms with Gasteiger partial charge in [0.2, 0.25) is 0 Å².